The van der Waals surface area contributed by atoms with Crippen molar-refractivity contribution in [3.05, 3.63) is 35.9 Å². The topological polar surface area (TPSA) is 78.4 Å². The van der Waals surface area contributed by atoms with Crippen LogP contribution in [0.5, 0.6) is 0 Å². The predicted molar refractivity (Wildman–Crippen MR) is 82.0 cm³/mol. The normalized spacial score (nSPS) is 17.6. The van der Waals surface area contributed by atoms with E-state index in [1.165, 1.54) is 6.08 Å². The molecule has 5 heteroatoms. The minimum Gasteiger partial charge on any atom is -0.478 e. The largest absolute Gasteiger partial charge is 0.478 e. The molecule has 1 aromatic carbocycles. The van der Waals surface area contributed by atoms with Crippen molar-refractivity contribution in [2.45, 2.75) is 19.8 Å². The lowest BCUT2D eigenvalue weighted by Gasteiger charge is -2.32. The second-order valence-corrected chi connectivity index (χ2v) is 5.56. The number of hydrogen-bond acceptors (Lipinski definition) is 3. The van der Waals surface area contributed by atoms with E-state index in [0.717, 1.165) is 43.3 Å². The number of carbonyl (C=O) groups is 2. The van der Waals surface area contributed by atoms with Crippen LogP contribution in [0.4, 0.5) is 5.69 Å². The van der Waals surface area contributed by atoms with Crippen LogP contribution in [0.2, 0.25) is 0 Å². The molecule has 0 unspecified atom stereocenters. The number of hydrogen-bond donors (Lipinski definition) is 3. The molecule has 1 aliphatic rings. The van der Waals surface area contributed by atoms with Crippen LogP contribution in [-0.2, 0) is 9.59 Å². The predicted octanol–water partition coefficient (Wildman–Crippen LogP) is 2.11. The van der Waals surface area contributed by atoms with E-state index >= 15 is 0 Å². The molecule has 1 saturated heterocycles. The van der Waals surface area contributed by atoms with E-state index in [-0.39, 0.29) is 11.3 Å². The van der Waals surface area contributed by atoms with Gasteiger partial charge in [0.25, 0.3) is 0 Å². The Labute approximate surface area is 124 Å². The summed E-state index contributed by atoms with van der Waals surface area (Å²) in [5.41, 5.74) is 1.18. The van der Waals surface area contributed by atoms with Crippen LogP contribution in [0, 0.1) is 5.41 Å². The molecule has 1 aliphatic heterocycles. The third kappa shape index (κ3) is 4.16. The molecule has 0 saturated carbocycles. The fourth-order valence-corrected chi connectivity index (χ4v) is 2.33. The highest BCUT2D eigenvalue weighted by Gasteiger charge is 2.34. The molecule has 0 atom stereocenters. The van der Waals surface area contributed by atoms with Gasteiger partial charge in [-0.15, -0.1) is 0 Å². The van der Waals surface area contributed by atoms with Gasteiger partial charge in [0, 0.05) is 17.2 Å². The molecule has 5 nitrogen and oxygen atoms in total. The minimum absolute atomic E-state index is 0.0397. The second-order valence-electron chi connectivity index (χ2n) is 5.56. The van der Waals surface area contributed by atoms with Gasteiger partial charge in [-0.25, -0.2) is 4.79 Å². The maximum absolute atomic E-state index is 12.4. The van der Waals surface area contributed by atoms with Gasteiger partial charge in [0.2, 0.25) is 5.91 Å². The van der Waals surface area contributed by atoms with Crippen LogP contribution in [0.25, 0.3) is 6.08 Å². The monoisotopic (exact) mass is 288 g/mol. The van der Waals surface area contributed by atoms with Gasteiger partial charge in [0.05, 0.1) is 0 Å². The maximum atomic E-state index is 12.4. The summed E-state index contributed by atoms with van der Waals surface area (Å²) in [4.78, 5) is 22.8. The first kappa shape index (κ1) is 15.3. The summed E-state index contributed by atoms with van der Waals surface area (Å²) in [6.45, 7) is 3.72. The van der Waals surface area contributed by atoms with E-state index in [0.29, 0.717) is 0 Å². The molecule has 0 aliphatic carbocycles. The molecule has 2 rings (SSSR count). The Bertz CT molecular complexity index is 543. The van der Waals surface area contributed by atoms with Crippen LogP contribution in [-0.4, -0.2) is 30.1 Å². The molecule has 0 spiro atoms. The van der Waals surface area contributed by atoms with Crippen molar-refractivity contribution >= 4 is 23.6 Å². The third-order valence-electron chi connectivity index (χ3n) is 3.84. The van der Waals surface area contributed by atoms with Gasteiger partial charge in [-0.1, -0.05) is 19.1 Å². The van der Waals surface area contributed by atoms with Gasteiger partial charge in [-0.3, -0.25) is 4.79 Å². The zero-order chi connectivity index (χ0) is 15.3. The first-order valence-electron chi connectivity index (χ1n) is 7.03. The Morgan fingerprint density at radius 3 is 2.43 bits per heavy atom. The van der Waals surface area contributed by atoms with Gasteiger partial charge in [0.1, 0.15) is 0 Å². The summed E-state index contributed by atoms with van der Waals surface area (Å²) in [5.74, 6) is -0.941. The zero-order valence-electron chi connectivity index (χ0n) is 12.1. The third-order valence-corrected chi connectivity index (χ3v) is 3.84. The van der Waals surface area contributed by atoms with E-state index in [2.05, 4.69) is 10.6 Å². The Morgan fingerprint density at radius 1 is 1.24 bits per heavy atom. The first-order valence-corrected chi connectivity index (χ1v) is 7.03. The number of aliphatic carboxylic acids is 1. The molecular formula is C16H20N2O3. The molecule has 1 heterocycles. The van der Waals surface area contributed by atoms with Gasteiger partial charge in [0.15, 0.2) is 0 Å². The summed E-state index contributed by atoms with van der Waals surface area (Å²) < 4.78 is 0. The number of rotatable bonds is 4. The number of carbonyl (C=O) groups excluding carboxylic acids is 1. The van der Waals surface area contributed by atoms with Crippen LogP contribution >= 0.6 is 0 Å². The van der Waals surface area contributed by atoms with Crippen molar-refractivity contribution in [1.82, 2.24) is 5.32 Å². The fourth-order valence-electron chi connectivity index (χ4n) is 2.33. The number of carboxylic acid groups (broad SMARTS) is 1. The number of anilines is 1. The highest BCUT2D eigenvalue weighted by molar-refractivity contribution is 5.95. The molecule has 112 valence electrons. The van der Waals surface area contributed by atoms with E-state index in [4.69, 9.17) is 5.11 Å². The highest BCUT2D eigenvalue weighted by Crippen LogP contribution is 2.29. The van der Waals surface area contributed by atoms with Gasteiger partial charge < -0.3 is 15.7 Å². The molecule has 0 bridgehead atoms. The van der Waals surface area contributed by atoms with Gasteiger partial charge >= 0.3 is 5.97 Å². The number of piperidine rings is 1. The van der Waals surface area contributed by atoms with Crippen molar-refractivity contribution in [3.63, 3.8) is 0 Å². The van der Waals surface area contributed by atoms with E-state index in [1.807, 2.05) is 6.92 Å². The summed E-state index contributed by atoms with van der Waals surface area (Å²) in [5, 5.41) is 14.8. The molecule has 21 heavy (non-hydrogen) atoms. The Hall–Kier alpha value is -2.14. The molecule has 1 fully saturated rings. The van der Waals surface area contributed by atoms with Crippen LogP contribution in [0.1, 0.15) is 25.3 Å². The number of nitrogens with one attached hydrogen (secondary N) is 2. The highest BCUT2D eigenvalue weighted by atomic mass is 16.4. The lowest BCUT2D eigenvalue weighted by Crippen LogP contribution is -2.42. The molecule has 0 radical (unpaired) electrons. The lowest BCUT2D eigenvalue weighted by molar-refractivity contribution is -0.131. The molecule has 1 aromatic rings. The quantitative estimate of drug-likeness (QED) is 0.741. The maximum Gasteiger partial charge on any atom is 0.328 e. The number of benzene rings is 1. The summed E-state index contributed by atoms with van der Waals surface area (Å²) >= 11 is 0. The Balaban J connectivity index is 1.99. The molecule has 1 amide bonds. The fraction of sp³-hybridized carbons (Fsp3) is 0.375. The Morgan fingerprint density at radius 2 is 1.86 bits per heavy atom. The minimum atomic E-state index is -0.980. The van der Waals surface area contributed by atoms with Gasteiger partial charge in [-0.05, 0) is 49.7 Å². The summed E-state index contributed by atoms with van der Waals surface area (Å²) in [6.07, 6.45) is 4.27. The average molecular weight is 288 g/mol. The average Bonchev–Trinajstić information content (AvgIpc) is 2.47. The standard InChI is InChI=1S/C16H20N2O3/c1-16(8-10-17-11-9-16)15(21)18-13-5-2-12(3-6-13)4-7-14(19)20/h2-7,17H,8-11H2,1H3,(H,18,21)(H,19,20)/b7-4+. The zero-order valence-corrected chi connectivity index (χ0v) is 12.1. The van der Waals surface area contributed by atoms with Crippen LogP contribution in [0.3, 0.4) is 0 Å². The van der Waals surface area contributed by atoms with Crippen LogP contribution < -0.4 is 10.6 Å². The lowest BCUT2D eigenvalue weighted by atomic mass is 9.80. The summed E-state index contributed by atoms with van der Waals surface area (Å²) in [7, 11) is 0. The smallest absolute Gasteiger partial charge is 0.328 e. The Kier molecular flexibility index (Phi) is 4.75. The summed E-state index contributed by atoms with van der Waals surface area (Å²) in [6, 6.07) is 7.12. The van der Waals surface area contributed by atoms with Crippen molar-refractivity contribution in [2.75, 3.05) is 18.4 Å². The second kappa shape index (κ2) is 6.54. The molecular weight excluding hydrogens is 268 g/mol. The van der Waals surface area contributed by atoms with E-state index in [1.54, 1.807) is 24.3 Å². The van der Waals surface area contributed by atoms with E-state index in [9.17, 15) is 9.59 Å². The van der Waals surface area contributed by atoms with Gasteiger partial charge in [-0.2, -0.15) is 0 Å². The first-order chi connectivity index (χ1) is 9.99. The van der Waals surface area contributed by atoms with E-state index < -0.39 is 5.97 Å². The van der Waals surface area contributed by atoms with Crippen molar-refractivity contribution in [3.8, 4) is 0 Å². The number of carboxylic acids is 1. The van der Waals surface area contributed by atoms with Crippen molar-refractivity contribution in [2.24, 2.45) is 5.41 Å². The van der Waals surface area contributed by atoms with Crippen molar-refractivity contribution in [1.29, 1.82) is 0 Å². The molecule has 3 N–H and O–H groups in total. The SMILES string of the molecule is CC1(C(=O)Nc2ccc(/C=C/C(=O)O)cc2)CCNCC1. The number of amides is 1. The van der Waals surface area contributed by atoms with Crippen LogP contribution in [0.15, 0.2) is 30.3 Å². The molecule has 0 aromatic heterocycles. The van der Waals surface area contributed by atoms with Crippen molar-refractivity contribution < 1.29 is 14.7 Å².